The van der Waals surface area contributed by atoms with Crippen molar-refractivity contribution in [3.05, 3.63) is 77.0 Å². The molecule has 1 aliphatic rings. The molecule has 1 aliphatic heterocycles. The number of aromatic nitrogens is 3. The average molecular weight is 434 g/mol. The third-order valence-corrected chi connectivity index (χ3v) is 5.33. The Labute approximate surface area is 184 Å². The summed E-state index contributed by atoms with van der Waals surface area (Å²) in [6.07, 6.45) is 4.06. The van der Waals surface area contributed by atoms with Crippen LogP contribution >= 0.6 is 0 Å². The Kier molecular flexibility index (Phi) is 6.47. The van der Waals surface area contributed by atoms with Gasteiger partial charge in [0.05, 0.1) is 23.9 Å². The first-order chi connectivity index (χ1) is 15.5. The first-order valence-corrected chi connectivity index (χ1v) is 10.4. The van der Waals surface area contributed by atoms with Crippen molar-refractivity contribution < 1.29 is 19.4 Å². The molecule has 0 bridgehead atoms. The van der Waals surface area contributed by atoms with Crippen molar-refractivity contribution in [3.63, 3.8) is 0 Å². The van der Waals surface area contributed by atoms with Crippen LogP contribution in [0.3, 0.4) is 0 Å². The van der Waals surface area contributed by atoms with E-state index in [1.54, 1.807) is 35.3 Å². The number of pyridine rings is 1. The van der Waals surface area contributed by atoms with Crippen LogP contribution in [0.5, 0.6) is 0 Å². The normalized spacial score (nSPS) is 14.4. The molecular weight excluding hydrogens is 411 g/mol. The fraction of sp³-hybridized carbons (Fsp3) is 0.292. The van der Waals surface area contributed by atoms with Gasteiger partial charge < -0.3 is 15.5 Å². The van der Waals surface area contributed by atoms with Crippen molar-refractivity contribution in [1.29, 1.82) is 0 Å². The summed E-state index contributed by atoms with van der Waals surface area (Å²) in [7, 11) is 0. The quantitative estimate of drug-likeness (QED) is 0.516. The predicted octanol–water partition coefficient (Wildman–Crippen LogP) is 3.12. The largest absolute Gasteiger partial charge is 0.481 e. The van der Waals surface area contributed by atoms with E-state index < -0.39 is 23.8 Å². The molecule has 8 heteroatoms. The molecule has 3 heterocycles. The molecular formula is C24H23FN4O3. The van der Waals surface area contributed by atoms with Crippen molar-refractivity contribution in [1.82, 2.24) is 14.8 Å². The van der Waals surface area contributed by atoms with Crippen LogP contribution in [-0.4, -0.2) is 37.5 Å². The molecule has 0 spiro atoms. The van der Waals surface area contributed by atoms with Crippen molar-refractivity contribution >= 4 is 11.8 Å². The molecule has 1 aromatic carbocycles. The minimum atomic E-state index is -1.04. The van der Waals surface area contributed by atoms with Crippen LogP contribution in [-0.2, 0) is 17.8 Å². The zero-order valence-electron chi connectivity index (χ0n) is 17.3. The predicted molar refractivity (Wildman–Crippen MR) is 117 cm³/mol. The van der Waals surface area contributed by atoms with E-state index in [2.05, 4.69) is 27.2 Å². The molecule has 32 heavy (non-hydrogen) atoms. The minimum Gasteiger partial charge on any atom is -0.481 e. The first-order valence-electron chi connectivity index (χ1n) is 10.4. The second-order valence-electron chi connectivity index (χ2n) is 7.75. The molecule has 0 radical (unpaired) electrons. The number of aliphatic hydroxyl groups excluding tert-OH is 1. The monoisotopic (exact) mass is 434 g/mol. The van der Waals surface area contributed by atoms with Gasteiger partial charge in [-0.05, 0) is 42.2 Å². The molecule has 0 saturated carbocycles. The number of nitrogens with one attached hydrogen (secondary N) is 1. The summed E-state index contributed by atoms with van der Waals surface area (Å²) >= 11 is 0. The Bertz CT molecular complexity index is 1180. The number of hydrogen-bond donors (Lipinski definition) is 3. The first kappa shape index (κ1) is 21.5. The number of carbonyl (C=O) groups is 1. The van der Waals surface area contributed by atoms with Crippen molar-refractivity contribution in [2.45, 2.75) is 37.8 Å². The van der Waals surface area contributed by atoms with Gasteiger partial charge in [-0.15, -0.1) is 0 Å². The van der Waals surface area contributed by atoms with Crippen molar-refractivity contribution in [2.75, 3.05) is 11.9 Å². The smallest absolute Gasteiger partial charge is 0.304 e. The molecule has 3 N–H and O–H groups in total. The zero-order valence-corrected chi connectivity index (χ0v) is 17.3. The maximum absolute atomic E-state index is 13.6. The highest BCUT2D eigenvalue weighted by Crippen LogP contribution is 2.24. The SMILES string of the molecule is O=C(O)CC(Cn1cc(C#CC(O)c2ccc3c(n2)NCCC3)cn1)c1cccc(F)c1. The average Bonchev–Trinajstić information content (AvgIpc) is 3.23. The number of anilines is 1. The molecule has 0 fully saturated rings. The molecule has 0 amide bonds. The fourth-order valence-corrected chi connectivity index (χ4v) is 3.73. The molecule has 7 nitrogen and oxygen atoms in total. The number of carboxylic acids is 1. The highest BCUT2D eigenvalue weighted by atomic mass is 19.1. The number of benzene rings is 1. The number of aliphatic carboxylic acids is 1. The number of hydrogen-bond acceptors (Lipinski definition) is 5. The Hall–Kier alpha value is -3.70. The third kappa shape index (κ3) is 5.31. The minimum absolute atomic E-state index is 0.152. The number of rotatable bonds is 6. The van der Waals surface area contributed by atoms with Crippen LogP contribution < -0.4 is 5.32 Å². The molecule has 2 unspecified atom stereocenters. The molecule has 4 rings (SSSR count). The Morgan fingerprint density at radius 2 is 2.19 bits per heavy atom. The van der Waals surface area contributed by atoms with E-state index in [4.69, 9.17) is 0 Å². The van der Waals surface area contributed by atoms with Gasteiger partial charge in [-0.1, -0.05) is 30.0 Å². The Morgan fingerprint density at radius 3 is 3.00 bits per heavy atom. The number of carboxylic acid groups (broad SMARTS) is 1. The maximum atomic E-state index is 13.6. The van der Waals surface area contributed by atoms with Crippen LogP contribution in [0.4, 0.5) is 10.2 Å². The molecule has 2 atom stereocenters. The van der Waals surface area contributed by atoms with E-state index in [-0.39, 0.29) is 13.0 Å². The summed E-state index contributed by atoms with van der Waals surface area (Å²) in [6, 6.07) is 9.67. The lowest BCUT2D eigenvalue weighted by Gasteiger charge is -2.17. The van der Waals surface area contributed by atoms with E-state index in [1.165, 1.54) is 12.1 Å². The maximum Gasteiger partial charge on any atom is 0.304 e. The number of nitrogens with zero attached hydrogens (tertiary/aromatic N) is 3. The van der Waals surface area contributed by atoms with Gasteiger partial charge in [0.25, 0.3) is 0 Å². The summed E-state index contributed by atoms with van der Waals surface area (Å²) < 4.78 is 15.2. The van der Waals surface area contributed by atoms with Crippen LogP contribution in [0.15, 0.2) is 48.8 Å². The number of fused-ring (bicyclic) bond motifs is 1. The molecule has 0 aliphatic carbocycles. The molecule has 2 aromatic heterocycles. The van der Waals surface area contributed by atoms with Crippen LogP contribution in [0.25, 0.3) is 0 Å². The standard InChI is InChI=1S/C24H23FN4O3/c25-20-5-1-3-18(11-20)19(12-23(31)32)15-29-14-16(13-27-29)6-9-22(30)21-8-7-17-4-2-10-26-24(17)28-21/h1,3,5,7-8,11,13-14,19,22,30H,2,4,10,12,15H2,(H,26,28)(H,31,32). The zero-order chi connectivity index (χ0) is 22.5. The number of aliphatic hydroxyl groups is 1. The lowest BCUT2D eigenvalue weighted by Crippen LogP contribution is -2.14. The third-order valence-electron chi connectivity index (χ3n) is 5.33. The van der Waals surface area contributed by atoms with Crippen molar-refractivity contribution in [3.8, 4) is 11.8 Å². The van der Waals surface area contributed by atoms with Crippen LogP contribution in [0, 0.1) is 17.7 Å². The van der Waals surface area contributed by atoms with E-state index in [9.17, 15) is 19.4 Å². The van der Waals surface area contributed by atoms with Gasteiger partial charge in [0.15, 0.2) is 6.10 Å². The number of aryl methyl sites for hydroxylation is 1. The van der Waals surface area contributed by atoms with E-state index in [0.29, 0.717) is 16.8 Å². The van der Waals surface area contributed by atoms with E-state index in [0.717, 1.165) is 30.8 Å². The highest BCUT2D eigenvalue weighted by molar-refractivity contribution is 5.68. The van der Waals surface area contributed by atoms with Crippen LogP contribution in [0.2, 0.25) is 0 Å². The van der Waals surface area contributed by atoms with Gasteiger partial charge in [-0.2, -0.15) is 5.10 Å². The summed E-state index contributed by atoms with van der Waals surface area (Å²) in [4.78, 5) is 15.7. The molecule has 0 saturated heterocycles. The second-order valence-corrected chi connectivity index (χ2v) is 7.75. The molecule has 3 aromatic rings. The lowest BCUT2D eigenvalue weighted by atomic mass is 9.95. The topological polar surface area (TPSA) is 100 Å². The highest BCUT2D eigenvalue weighted by Gasteiger charge is 2.18. The lowest BCUT2D eigenvalue weighted by molar-refractivity contribution is -0.137. The van der Waals surface area contributed by atoms with Crippen LogP contribution in [0.1, 0.15) is 47.2 Å². The molecule has 164 valence electrons. The van der Waals surface area contributed by atoms with Crippen molar-refractivity contribution in [2.24, 2.45) is 0 Å². The van der Waals surface area contributed by atoms with Gasteiger partial charge >= 0.3 is 5.97 Å². The fourth-order valence-electron chi connectivity index (χ4n) is 3.73. The van der Waals surface area contributed by atoms with Gasteiger partial charge in [0, 0.05) is 25.2 Å². The van der Waals surface area contributed by atoms with Gasteiger partial charge in [-0.3, -0.25) is 9.48 Å². The summed E-state index contributed by atoms with van der Waals surface area (Å²) in [5.74, 6) is 4.63. The van der Waals surface area contributed by atoms with Gasteiger partial charge in [-0.25, -0.2) is 9.37 Å². The summed E-state index contributed by atoms with van der Waals surface area (Å²) in [5, 5.41) is 27.1. The van der Waals surface area contributed by atoms with Gasteiger partial charge in [0.2, 0.25) is 0 Å². The summed E-state index contributed by atoms with van der Waals surface area (Å²) in [5.41, 5.74) is 2.79. The Morgan fingerprint density at radius 1 is 1.31 bits per heavy atom. The van der Waals surface area contributed by atoms with E-state index >= 15 is 0 Å². The second kappa shape index (κ2) is 9.62. The van der Waals surface area contributed by atoms with E-state index in [1.807, 2.05) is 6.07 Å². The summed E-state index contributed by atoms with van der Waals surface area (Å²) in [6.45, 7) is 1.13. The number of halogens is 1. The van der Waals surface area contributed by atoms with Gasteiger partial charge in [0.1, 0.15) is 11.6 Å². The Balaban J connectivity index is 1.46.